The normalized spacial score (nSPS) is 14.6. The summed E-state index contributed by atoms with van der Waals surface area (Å²) in [7, 11) is -3.63. The van der Waals surface area contributed by atoms with E-state index in [-0.39, 0.29) is 8.57 Å². The van der Waals surface area contributed by atoms with Crippen LogP contribution in [0.2, 0.25) is 87.1 Å². The summed E-state index contributed by atoms with van der Waals surface area (Å²) in [6.45, 7) is 31.7. The van der Waals surface area contributed by atoms with Gasteiger partial charge in [-0.3, -0.25) is 0 Å². The molecular formula is C30H54Br4O2Si6. The smallest absolute Gasteiger partial charge is 0.231 e. The molecule has 0 N–H and O–H groups in total. The van der Waals surface area contributed by atoms with Crippen molar-refractivity contribution in [2.24, 2.45) is 0 Å². The summed E-state index contributed by atoms with van der Waals surface area (Å²) in [5.41, 5.74) is 0. The number of halogens is 4. The molecule has 0 aliphatic carbocycles. The Kier molecular flexibility index (Phi) is 12.6. The maximum absolute atomic E-state index is 5.56. The molecule has 0 aliphatic heterocycles. The Morgan fingerprint density at radius 3 is 0.833 bits per heavy atom. The summed E-state index contributed by atoms with van der Waals surface area (Å²) >= 11 is 18.4. The molecule has 0 fully saturated rings. The summed E-state index contributed by atoms with van der Waals surface area (Å²) < 4.78 is 11.6. The molecule has 0 heterocycles. The van der Waals surface area contributed by atoms with E-state index in [4.69, 9.17) is 9.47 Å². The van der Waals surface area contributed by atoms with Gasteiger partial charge in [0.1, 0.15) is 11.5 Å². The fraction of sp³-hybridized carbons (Fsp3) is 0.600. The van der Waals surface area contributed by atoms with E-state index >= 15 is 0 Å². The molecule has 238 valence electrons. The minimum atomic E-state index is -2.34. The maximum atomic E-state index is 5.56. The summed E-state index contributed by atoms with van der Waals surface area (Å²) in [4.78, 5) is 0. The lowest BCUT2D eigenvalue weighted by atomic mass is 10.3. The van der Waals surface area contributed by atoms with E-state index in [1.807, 2.05) is 0 Å². The Hall–Kier alpha value is 1.26. The summed E-state index contributed by atoms with van der Waals surface area (Å²) in [6.07, 6.45) is 2.48. The van der Waals surface area contributed by atoms with Gasteiger partial charge in [0.05, 0.1) is 14.2 Å². The fourth-order valence-corrected chi connectivity index (χ4v) is 98.1. The highest BCUT2D eigenvalue weighted by molar-refractivity contribution is 9.52. The Bertz CT molecular complexity index is 1070. The minimum Gasteiger partial charge on any atom is -0.497 e. The van der Waals surface area contributed by atoms with Crippen molar-refractivity contribution in [1.82, 2.24) is 0 Å². The quantitative estimate of drug-likeness (QED) is 0.147. The Labute approximate surface area is 295 Å². The third kappa shape index (κ3) is 6.93. The lowest BCUT2D eigenvalue weighted by molar-refractivity contribution is 0.415. The van der Waals surface area contributed by atoms with Crippen molar-refractivity contribution in [3.8, 4) is 11.5 Å². The first-order valence-corrected chi connectivity index (χ1v) is 41.9. The van der Waals surface area contributed by atoms with Crippen LogP contribution >= 0.6 is 61.2 Å². The number of rotatable bonds is 13. The van der Waals surface area contributed by atoms with Gasteiger partial charge in [-0.2, -0.15) is 0 Å². The van der Waals surface area contributed by atoms with E-state index in [1.54, 1.807) is 14.2 Å². The molecule has 0 saturated heterocycles. The number of hydrogen-bond acceptors (Lipinski definition) is 2. The zero-order valence-electron chi connectivity index (χ0n) is 28.4. The molecule has 2 aromatic carbocycles. The topological polar surface area (TPSA) is 18.5 Å². The van der Waals surface area contributed by atoms with Crippen molar-refractivity contribution < 1.29 is 9.47 Å². The molecule has 2 nitrogen and oxygen atoms in total. The van der Waals surface area contributed by atoms with Crippen LogP contribution in [0.4, 0.5) is 0 Å². The summed E-state index contributed by atoms with van der Waals surface area (Å²) in [5.74, 6) is 1.83. The standard InChI is InChI=1S/C30H54Br4O2Si6/c1-35-25-15-19-27(20-16-25)41(31,32)29(37(3,4)5,38(6,7)8)23-24-30(39(9,10)11,40(12,13)14)42(33,34)28-21-17-26(36-2)18-22-28/h15-22H,23-24H2,1-14H3. The second kappa shape index (κ2) is 13.4. The molecule has 12 heteroatoms. The van der Waals surface area contributed by atoms with E-state index in [1.165, 1.54) is 23.2 Å². The third-order valence-electron chi connectivity index (χ3n) is 9.97. The van der Waals surface area contributed by atoms with Crippen LogP contribution in [0.5, 0.6) is 11.5 Å². The molecule has 0 spiro atoms. The first kappa shape index (κ1) is 39.4. The van der Waals surface area contributed by atoms with E-state index in [9.17, 15) is 0 Å². The predicted molar refractivity (Wildman–Crippen MR) is 220 cm³/mol. The van der Waals surface area contributed by atoms with Crippen LogP contribution < -0.4 is 19.8 Å². The van der Waals surface area contributed by atoms with E-state index in [0.717, 1.165) is 11.5 Å². The molecule has 2 rings (SSSR count). The highest BCUT2D eigenvalue weighted by Gasteiger charge is 2.69. The van der Waals surface area contributed by atoms with E-state index in [2.05, 4.69) is 188 Å². The lowest BCUT2D eigenvalue weighted by Crippen LogP contribution is -2.71. The molecule has 42 heavy (non-hydrogen) atoms. The van der Waals surface area contributed by atoms with Gasteiger partial charge in [0.2, 0.25) is 10.6 Å². The molecule has 0 aliphatic rings. The largest absolute Gasteiger partial charge is 0.497 e. The predicted octanol–water partition coefficient (Wildman–Crippen LogP) is 11.1. The highest BCUT2D eigenvalue weighted by Crippen LogP contribution is 2.67. The lowest BCUT2D eigenvalue weighted by Gasteiger charge is -2.63. The maximum Gasteiger partial charge on any atom is 0.231 e. The average Bonchev–Trinajstić information content (AvgIpc) is 2.83. The monoisotopic (exact) mass is 930 g/mol. The van der Waals surface area contributed by atoms with Crippen molar-refractivity contribution in [1.29, 1.82) is 0 Å². The van der Waals surface area contributed by atoms with E-state index < -0.39 is 42.9 Å². The van der Waals surface area contributed by atoms with Crippen molar-refractivity contribution in [3.63, 3.8) is 0 Å². The first-order valence-electron chi connectivity index (χ1n) is 14.8. The zero-order valence-corrected chi connectivity index (χ0v) is 40.7. The van der Waals surface area contributed by atoms with Crippen LogP contribution in [0, 0.1) is 0 Å². The second-order valence-corrected chi connectivity index (χ2v) is 66.1. The fourth-order valence-electron chi connectivity index (χ4n) is 8.42. The van der Waals surface area contributed by atoms with Crippen LogP contribution in [0.3, 0.4) is 0 Å². The molecule has 2 aromatic rings. The third-order valence-corrected chi connectivity index (χ3v) is 70.9. The van der Waals surface area contributed by atoms with Crippen molar-refractivity contribution >= 4 is 114 Å². The van der Waals surface area contributed by atoms with Crippen molar-refractivity contribution in [3.05, 3.63) is 48.5 Å². The Morgan fingerprint density at radius 1 is 0.452 bits per heavy atom. The molecular weight excluding hydrogens is 880 g/mol. The molecule has 0 saturated carbocycles. The average molecular weight is 935 g/mol. The van der Waals surface area contributed by atoms with Gasteiger partial charge in [-0.05, 0) is 43.2 Å². The summed E-state index contributed by atoms with van der Waals surface area (Å²) in [5, 5.41) is -1.83. The number of methoxy groups -OCH3 is 2. The van der Waals surface area contributed by atoms with Gasteiger partial charge in [-0.15, -0.1) is 61.2 Å². The van der Waals surface area contributed by atoms with Crippen LogP contribution in [0.15, 0.2) is 48.5 Å². The van der Waals surface area contributed by atoms with Crippen LogP contribution in [0.25, 0.3) is 0 Å². The molecule has 0 bridgehead atoms. The zero-order chi connectivity index (χ0) is 32.8. The Morgan fingerprint density at radius 2 is 0.667 bits per heavy atom. The van der Waals surface area contributed by atoms with Gasteiger partial charge in [0.25, 0.3) is 0 Å². The van der Waals surface area contributed by atoms with Gasteiger partial charge in [-0.25, -0.2) is 0 Å². The number of hydrogen-bond donors (Lipinski definition) is 0. The van der Waals surface area contributed by atoms with Crippen LogP contribution in [0.1, 0.15) is 12.8 Å². The number of benzene rings is 2. The van der Waals surface area contributed by atoms with Crippen molar-refractivity contribution in [2.45, 2.75) is 100.0 Å². The molecule has 0 radical (unpaired) electrons. The van der Waals surface area contributed by atoms with E-state index in [0.29, 0.717) is 0 Å². The van der Waals surface area contributed by atoms with Crippen LogP contribution in [-0.4, -0.2) is 57.1 Å². The molecule has 0 aromatic heterocycles. The second-order valence-electron chi connectivity index (χ2n) is 15.9. The van der Waals surface area contributed by atoms with Gasteiger partial charge in [-0.1, -0.05) is 116 Å². The number of ether oxygens (including phenoxy) is 2. The highest BCUT2D eigenvalue weighted by atomic mass is 79.9. The summed E-state index contributed by atoms with van der Waals surface area (Å²) in [6, 6.07) is 17.9. The van der Waals surface area contributed by atoms with Crippen molar-refractivity contribution in [2.75, 3.05) is 14.2 Å². The van der Waals surface area contributed by atoms with Crippen LogP contribution in [-0.2, 0) is 0 Å². The molecule has 0 atom stereocenters. The SMILES string of the molecule is COc1ccc([Si](Br)(Br)C(CCC([Si](C)(C)C)([Si](C)(C)C)[Si](Br)(Br)c2ccc(OC)cc2)([Si](C)(C)C)[Si](C)(C)C)cc1. The minimum absolute atomic E-state index is 0.233. The molecule has 0 amide bonds. The Balaban J connectivity index is 2.94. The molecule has 0 unspecified atom stereocenters. The van der Waals surface area contributed by atoms with Gasteiger partial charge < -0.3 is 9.47 Å². The van der Waals surface area contributed by atoms with Gasteiger partial charge >= 0.3 is 0 Å². The van der Waals surface area contributed by atoms with Gasteiger partial charge in [0, 0.05) is 32.3 Å². The first-order chi connectivity index (χ1) is 18.8. The van der Waals surface area contributed by atoms with Gasteiger partial charge in [0.15, 0.2) is 0 Å².